The van der Waals surface area contributed by atoms with Crippen molar-refractivity contribution in [2.45, 2.75) is 6.42 Å². The number of para-hydroxylation sites is 1. The van der Waals surface area contributed by atoms with Crippen LogP contribution in [0, 0.1) is 0 Å². The summed E-state index contributed by atoms with van der Waals surface area (Å²) in [7, 11) is 0. The van der Waals surface area contributed by atoms with Crippen molar-refractivity contribution in [3.63, 3.8) is 0 Å². The van der Waals surface area contributed by atoms with Crippen molar-refractivity contribution in [1.29, 1.82) is 0 Å². The van der Waals surface area contributed by atoms with Gasteiger partial charge in [0.05, 0.1) is 5.56 Å². The number of furan rings is 1. The minimum absolute atomic E-state index is 0.451. The first-order valence-electron chi connectivity index (χ1n) is 4.55. The third-order valence-electron chi connectivity index (χ3n) is 2.19. The largest absolute Gasteiger partial charge is 0.460 e. The number of hydrogen-bond acceptors (Lipinski definition) is 2. The lowest BCUT2D eigenvalue weighted by atomic mass is 10.1. The highest BCUT2D eigenvalue weighted by atomic mass is 35.5. The Morgan fingerprint density at radius 3 is 2.87 bits per heavy atom. The Bertz CT molecular complexity index is 525. The van der Waals surface area contributed by atoms with Crippen LogP contribution in [0.15, 0.2) is 41.3 Å². The molecule has 1 heterocycles. The zero-order valence-electron chi connectivity index (χ0n) is 8.00. The number of halogens is 1. The Hall–Kier alpha value is -1.54. The van der Waals surface area contributed by atoms with Gasteiger partial charge in [0.1, 0.15) is 11.3 Å². The Kier molecular flexibility index (Phi) is 2.60. The number of benzene rings is 1. The average Bonchev–Trinajstić information content (AvgIpc) is 2.56. The molecular weight excluding hydrogens is 212 g/mol. The molecule has 0 fully saturated rings. The SMILES string of the molecule is C=CCc1oc2ccccc2c1C(=O)Cl. The second kappa shape index (κ2) is 3.91. The molecule has 15 heavy (non-hydrogen) atoms. The maximum atomic E-state index is 11.3. The summed E-state index contributed by atoms with van der Waals surface area (Å²) in [6.45, 7) is 3.61. The van der Waals surface area contributed by atoms with Crippen molar-refractivity contribution < 1.29 is 9.21 Å². The van der Waals surface area contributed by atoms with Gasteiger partial charge >= 0.3 is 0 Å². The summed E-state index contributed by atoms with van der Waals surface area (Å²) in [4.78, 5) is 11.3. The highest BCUT2D eigenvalue weighted by Gasteiger charge is 2.17. The van der Waals surface area contributed by atoms with E-state index in [1.54, 1.807) is 6.08 Å². The maximum Gasteiger partial charge on any atom is 0.256 e. The summed E-state index contributed by atoms with van der Waals surface area (Å²) in [5, 5.41) is 0.270. The molecule has 0 spiro atoms. The van der Waals surface area contributed by atoms with Gasteiger partial charge in [-0.25, -0.2) is 0 Å². The molecule has 0 saturated heterocycles. The van der Waals surface area contributed by atoms with Gasteiger partial charge in [-0.1, -0.05) is 24.3 Å². The van der Waals surface area contributed by atoms with E-state index in [0.29, 0.717) is 23.3 Å². The van der Waals surface area contributed by atoms with Crippen LogP contribution in [-0.4, -0.2) is 5.24 Å². The normalized spacial score (nSPS) is 10.5. The van der Waals surface area contributed by atoms with Crippen LogP contribution >= 0.6 is 11.6 Å². The minimum Gasteiger partial charge on any atom is -0.460 e. The summed E-state index contributed by atoms with van der Waals surface area (Å²) in [6.07, 6.45) is 2.18. The third-order valence-corrected chi connectivity index (χ3v) is 2.38. The summed E-state index contributed by atoms with van der Waals surface area (Å²) in [5.41, 5.74) is 1.13. The fourth-order valence-corrected chi connectivity index (χ4v) is 1.79. The number of allylic oxidation sites excluding steroid dienone is 1. The summed E-state index contributed by atoms with van der Waals surface area (Å²) >= 11 is 5.53. The minimum atomic E-state index is -0.489. The van der Waals surface area contributed by atoms with E-state index in [1.807, 2.05) is 24.3 Å². The standard InChI is InChI=1S/C12H9ClO2/c1-2-5-10-11(12(13)14)8-6-3-4-7-9(8)15-10/h2-4,6-7H,1,5H2. The molecule has 0 amide bonds. The predicted octanol–water partition coefficient (Wildman–Crippen LogP) is 3.54. The Balaban J connectivity index is 2.74. The molecule has 0 radical (unpaired) electrons. The number of rotatable bonds is 3. The number of hydrogen-bond donors (Lipinski definition) is 0. The molecule has 2 aromatic rings. The van der Waals surface area contributed by atoms with Gasteiger partial charge in [0.2, 0.25) is 0 Å². The zero-order valence-corrected chi connectivity index (χ0v) is 8.75. The van der Waals surface area contributed by atoms with Crippen molar-refractivity contribution in [3.05, 3.63) is 48.2 Å². The van der Waals surface area contributed by atoms with Gasteiger partial charge in [-0.3, -0.25) is 4.79 Å². The van der Waals surface area contributed by atoms with Gasteiger partial charge in [-0.15, -0.1) is 6.58 Å². The quantitative estimate of drug-likeness (QED) is 0.585. The smallest absolute Gasteiger partial charge is 0.256 e. The zero-order chi connectivity index (χ0) is 10.8. The average molecular weight is 221 g/mol. The van der Waals surface area contributed by atoms with Crippen molar-refractivity contribution >= 4 is 27.8 Å². The molecule has 0 N–H and O–H groups in total. The van der Waals surface area contributed by atoms with E-state index < -0.39 is 5.24 Å². The Labute approximate surface area is 92.1 Å². The molecule has 0 unspecified atom stereocenters. The van der Waals surface area contributed by atoms with E-state index in [9.17, 15) is 4.79 Å². The number of carbonyl (C=O) groups is 1. The van der Waals surface area contributed by atoms with Gasteiger partial charge < -0.3 is 4.42 Å². The van der Waals surface area contributed by atoms with Crippen molar-refractivity contribution in [1.82, 2.24) is 0 Å². The molecule has 1 aromatic carbocycles. The van der Waals surface area contributed by atoms with Crippen LogP contribution in [0.5, 0.6) is 0 Å². The summed E-state index contributed by atoms with van der Waals surface area (Å²) in [6, 6.07) is 7.33. The molecule has 1 aromatic heterocycles. The van der Waals surface area contributed by atoms with E-state index in [2.05, 4.69) is 6.58 Å². The van der Waals surface area contributed by atoms with E-state index in [0.717, 1.165) is 5.39 Å². The molecule has 0 bridgehead atoms. The maximum absolute atomic E-state index is 11.3. The molecule has 0 aliphatic carbocycles. The molecule has 0 atom stereocenters. The van der Waals surface area contributed by atoms with E-state index in [1.165, 1.54) is 0 Å². The van der Waals surface area contributed by atoms with Crippen LogP contribution in [0.2, 0.25) is 0 Å². The first-order valence-corrected chi connectivity index (χ1v) is 4.93. The van der Waals surface area contributed by atoms with Gasteiger partial charge in [-0.2, -0.15) is 0 Å². The summed E-state index contributed by atoms with van der Waals surface area (Å²) in [5.74, 6) is 0.575. The lowest BCUT2D eigenvalue weighted by Crippen LogP contribution is -1.92. The molecule has 2 rings (SSSR count). The van der Waals surface area contributed by atoms with E-state index in [-0.39, 0.29) is 0 Å². The van der Waals surface area contributed by atoms with Gasteiger partial charge in [0.25, 0.3) is 5.24 Å². The highest BCUT2D eigenvalue weighted by Crippen LogP contribution is 2.27. The van der Waals surface area contributed by atoms with Crippen molar-refractivity contribution in [3.8, 4) is 0 Å². The Morgan fingerprint density at radius 2 is 2.20 bits per heavy atom. The van der Waals surface area contributed by atoms with Crippen molar-refractivity contribution in [2.24, 2.45) is 0 Å². The lowest BCUT2D eigenvalue weighted by Gasteiger charge is -1.92. The molecular formula is C12H9ClO2. The van der Waals surface area contributed by atoms with Gasteiger partial charge in [-0.05, 0) is 17.7 Å². The van der Waals surface area contributed by atoms with Crippen molar-refractivity contribution in [2.75, 3.05) is 0 Å². The van der Waals surface area contributed by atoms with Crippen LogP contribution in [0.25, 0.3) is 11.0 Å². The van der Waals surface area contributed by atoms with Crippen LogP contribution in [0.1, 0.15) is 16.1 Å². The van der Waals surface area contributed by atoms with E-state index in [4.69, 9.17) is 16.0 Å². The second-order valence-electron chi connectivity index (χ2n) is 3.16. The summed E-state index contributed by atoms with van der Waals surface area (Å²) < 4.78 is 5.52. The topological polar surface area (TPSA) is 30.2 Å². The predicted molar refractivity (Wildman–Crippen MR) is 60.3 cm³/mol. The first-order chi connectivity index (χ1) is 7.24. The van der Waals surface area contributed by atoms with Crippen LogP contribution in [0.3, 0.4) is 0 Å². The van der Waals surface area contributed by atoms with E-state index >= 15 is 0 Å². The van der Waals surface area contributed by atoms with Gasteiger partial charge in [0, 0.05) is 11.8 Å². The fraction of sp³-hybridized carbons (Fsp3) is 0.0833. The number of fused-ring (bicyclic) bond motifs is 1. The van der Waals surface area contributed by atoms with Gasteiger partial charge in [0.15, 0.2) is 0 Å². The molecule has 3 heteroatoms. The number of carbonyl (C=O) groups excluding carboxylic acids is 1. The third kappa shape index (κ3) is 1.68. The van der Waals surface area contributed by atoms with Crippen LogP contribution in [0.4, 0.5) is 0 Å². The molecule has 0 aliphatic rings. The molecule has 0 aliphatic heterocycles. The monoisotopic (exact) mass is 220 g/mol. The highest BCUT2D eigenvalue weighted by molar-refractivity contribution is 6.68. The fourth-order valence-electron chi connectivity index (χ4n) is 1.59. The lowest BCUT2D eigenvalue weighted by molar-refractivity contribution is 0.108. The molecule has 0 saturated carbocycles. The molecule has 2 nitrogen and oxygen atoms in total. The molecule has 76 valence electrons. The Morgan fingerprint density at radius 1 is 1.47 bits per heavy atom. The first kappa shape index (κ1) is 9.99. The second-order valence-corrected chi connectivity index (χ2v) is 3.51. The van der Waals surface area contributed by atoms with Crippen LogP contribution < -0.4 is 0 Å². The van der Waals surface area contributed by atoms with Crippen LogP contribution in [-0.2, 0) is 6.42 Å².